The molecular weight excluding hydrogens is 1010 g/mol. The number of fused-ring (bicyclic) bond motifs is 2. The van der Waals surface area contributed by atoms with Crippen molar-refractivity contribution in [1.82, 2.24) is 35.3 Å². The lowest BCUT2D eigenvalue weighted by Gasteiger charge is -2.25. The Bertz CT molecular complexity index is 3120. The van der Waals surface area contributed by atoms with Crippen LogP contribution in [0.4, 0.5) is 0 Å². The molecule has 0 bridgehead atoms. The summed E-state index contributed by atoms with van der Waals surface area (Å²) in [7, 11) is 0. The van der Waals surface area contributed by atoms with Gasteiger partial charge in [-0.05, 0) is 120 Å². The van der Waals surface area contributed by atoms with Crippen molar-refractivity contribution < 1.29 is 52.4 Å². The molecule has 3 aromatic heterocycles. The van der Waals surface area contributed by atoms with Crippen LogP contribution in [-0.2, 0) is 51.1 Å². The Kier molecular flexibility index (Phi) is 19.5. The van der Waals surface area contributed by atoms with Gasteiger partial charge in [-0.25, -0.2) is 4.79 Å². The lowest BCUT2D eigenvalue weighted by Crippen LogP contribution is -2.44. The molecule has 0 aliphatic carbocycles. The molecule has 3 aromatic carbocycles. The largest absolute Gasteiger partial charge is 0.494 e. The molecule has 75 heavy (non-hydrogen) atoms. The SMILES string of the molecule is CCOC(=O)c1[nH]c2c(-c3c(C)nn(CC(=O)NCCCOCCOCCOCNC(=O)COc4ccc5c(C)cc(=O)n(C6CCC(=O)NC6=O)c5c4)c3C)c(Cl)ccc2c1CCCOc1cc(C)c(Cl)c(C)c1. The topological polar surface area (TPSA) is 232 Å². The van der Waals surface area contributed by atoms with Gasteiger partial charge in [-0.1, -0.05) is 29.3 Å². The summed E-state index contributed by atoms with van der Waals surface area (Å²) in [6, 6.07) is 13.2. The summed E-state index contributed by atoms with van der Waals surface area (Å²) in [5.41, 5.74) is 7.34. The summed E-state index contributed by atoms with van der Waals surface area (Å²) in [6.07, 6.45) is 2.04. The molecule has 7 rings (SSSR count). The van der Waals surface area contributed by atoms with Crippen molar-refractivity contribution in [3.8, 4) is 22.6 Å². The van der Waals surface area contributed by atoms with Crippen LogP contribution in [0.5, 0.6) is 11.5 Å². The third kappa shape index (κ3) is 13.9. The van der Waals surface area contributed by atoms with Crippen molar-refractivity contribution in [1.29, 1.82) is 0 Å². The van der Waals surface area contributed by atoms with Crippen LogP contribution in [0.15, 0.2) is 53.3 Å². The Morgan fingerprint density at radius 1 is 0.773 bits per heavy atom. The van der Waals surface area contributed by atoms with E-state index in [9.17, 15) is 28.8 Å². The monoisotopic (exact) mass is 1070 g/mol. The first-order valence-corrected chi connectivity index (χ1v) is 25.6. The average molecular weight is 1070 g/mol. The van der Waals surface area contributed by atoms with E-state index >= 15 is 0 Å². The molecule has 1 aliphatic rings. The maximum atomic E-state index is 13.3. The van der Waals surface area contributed by atoms with Crippen LogP contribution in [-0.4, -0.2) is 115 Å². The molecule has 1 saturated heterocycles. The Balaban J connectivity index is 0.792. The first kappa shape index (κ1) is 56.0. The number of aromatic nitrogens is 4. The van der Waals surface area contributed by atoms with Crippen LogP contribution in [0.25, 0.3) is 32.9 Å². The van der Waals surface area contributed by atoms with E-state index in [1.165, 1.54) is 10.6 Å². The highest BCUT2D eigenvalue weighted by Gasteiger charge is 2.30. The first-order valence-electron chi connectivity index (χ1n) is 24.9. The number of carbonyl (C=O) groups excluding carboxylic acids is 5. The minimum atomic E-state index is -0.849. The van der Waals surface area contributed by atoms with E-state index in [4.69, 9.17) is 56.7 Å². The predicted molar refractivity (Wildman–Crippen MR) is 283 cm³/mol. The highest BCUT2D eigenvalue weighted by atomic mass is 35.5. The van der Waals surface area contributed by atoms with Gasteiger partial charge in [-0.15, -0.1) is 0 Å². The number of carbonyl (C=O) groups is 5. The number of pyridine rings is 1. The Labute approximate surface area is 443 Å². The first-order chi connectivity index (χ1) is 36.1. The number of rotatable bonds is 26. The number of imide groups is 1. The van der Waals surface area contributed by atoms with Gasteiger partial charge in [0, 0.05) is 64.3 Å². The zero-order valence-corrected chi connectivity index (χ0v) is 44.5. The zero-order chi connectivity index (χ0) is 53.8. The van der Waals surface area contributed by atoms with E-state index in [0.29, 0.717) is 96.0 Å². The van der Waals surface area contributed by atoms with E-state index in [1.54, 1.807) is 36.7 Å². The van der Waals surface area contributed by atoms with Crippen LogP contribution in [0.2, 0.25) is 10.0 Å². The number of hydrogen-bond donors (Lipinski definition) is 4. The van der Waals surface area contributed by atoms with Gasteiger partial charge in [0.2, 0.25) is 17.7 Å². The summed E-state index contributed by atoms with van der Waals surface area (Å²) in [4.78, 5) is 79.5. The van der Waals surface area contributed by atoms with Gasteiger partial charge in [0.15, 0.2) is 6.61 Å². The van der Waals surface area contributed by atoms with Gasteiger partial charge >= 0.3 is 5.97 Å². The maximum absolute atomic E-state index is 13.3. The summed E-state index contributed by atoms with van der Waals surface area (Å²) in [6.45, 7) is 13.4. The molecule has 21 heteroatoms. The van der Waals surface area contributed by atoms with Gasteiger partial charge in [-0.2, -0.15) is 5.10 Å². The number of piperidine rings is 1. The number of nitrogens with one attached hydrogen (secondary N) is 4. The second-order valence-corrected chi connectivity index (χ2v) is 18.9. The number of esters is 1. The van der Waals surface area contributed by atoms with E-state index in [1.807, 2.05) is 52.0 Å². The van der Waals surface area contributed by atoms with E-state index < -0.39 is 23.8 Å². The molecule has 6 aromatic rings. The van der Waals surface area contributed by atoms with Crippen molar-refractivity contribution >= 4 is 74.6 Å². The van der Waals surface area contributed by atoms with Crippen LogP contribution in [0, 0.1) is 34.6 Å². The third-order valence-corrected chi connectivity index (χ3v) is 13.6. The molecule has 0 spiro atoms. The lowest BCUT2D eigenvalue weighted by molar-refractivity contribution is -0.135. The van der Waals surface area contributed by atoms with Crippen molar-refractivity contribution in [3.05, 3.63) is 108 Å². The number of ether oxygens (including phenoxy) is 6. The fourth-order valence-corrected chi connectivity index (χ4v) is 9.45. The minimum Gasteiger partial charge on any atom is -0.494 e. The predicted octanol–water partition coefficient (Wildman–Crippen LogP) is 7.07. The summed E-state index contributed by atoms with van der Waals surface area (Å²) in [5, 5.41) is 15.3. The van der Waals surface area contributed by atoms with Crippen LogP contribution in [0.3, 0.4) is 0 Å². The highest BCUT2D eigenvalue weighted by molar-refractivity contribution is 6.35. The number of hydrogen-bond acceptors (Lipinski definition) is 13. The smallest absolute Gasteiger partial charge is 0.355 e. The van der Waals surface area contributed by atoms with Gasteiger partial charge in [0.05, 0.1) is 61.4 Å². The van der Waals surface area contributed by atoms with Gasteiger partial charge in [-0.3, -0.25) is 38.5 Å². The Morgan fingerprint density at radius 3 is 2.23 bits per heavy atom. The normalized spacial score (nSPS) is 13.6. The molecule has 0 radical (unpaired) electrons. The Hall–Kier alpha value is -6.77. The molecule has 4 amide bonds. The molecule has 19 nitrogen and oxygen atoms in total. The lowest BCUT2D eigenvalue weighted by atomic mass is 9.98. The molecule has 1 aliphatic heterocycles. The molecule has 0 saturated carbocycles. The van der Waals surface area contributed by atoms with Crippen LogP contribution >= 0.6 is 23.2 Å². The zero-order valence-electron chi connectivity index (χ0n) is 43.0. The quantitative estimate of drug-likeness (QED) is 0.0185. The second-order valence-electron chi connectivity index (χ2n) is 18.1. The van der Waals surface area contributed by atoms with E-state index in [0.717, 1.165) is 50.0 Å². The fourth-order valence-electron chi connectivity index (χ4n) is 9.09. The van der Waals surface area contributed by atoms with Gasteiger partial charge in [0.1, 0.15) is 36.5 Å². The van der Waals surface area contributed by atoms with Crippen LogP contribution in [0.1, 0.15) is 82.8 Å². The van der Waals surface area contributed by atoms with Crippen molar-refractivity contribution in [2.45, 2.75) is 86.2 Å². The van der Waals surface area contributed by atoms with E-state index in [-0.39, 0.29) is 69.9 Å². The summed E-state index contributed by atoms with van der Waals surface area (Å²) in [5.74, 6) is -0.986. The molecule has 4 N–H and O–H groups in total. The number of aryl methyl sites for hydroxylation is 5. The Morgan fingerprint density at radius 2 is 1.49 bits per heavy atom. The van der Waals surface area contributed by atoms with Gasteiger partial charge < -0.3 is 44.0 Å². The summed E-state index contributed by atoms with van der Waals surface area (Å²) < 4.78 is 36.9. The average Bonchev–Trinajstić information content (AvgIpc) is 3.88. The van der Waals surface area contributed by atoms with Crippen molar-refractivity contribution in [2.24, 2.45) is 0 Å². The van der Waals surface area contributed by atoms with Crippen LogP contribution < -0.4 is 31.0 Å². The standard InChI is InChI=1S/C54H63Cl2N7O12/c1-7-73-54(69)52-39(10-8-19-74-37-24-32(3)50(56)33(4)25-37)40-13-14-41(55)49(51(40)60-52)48-34(5)61-62(35(48)6)28-45(65)57-17-9-18-70-20-21-71-22-23-72-30-58-46(66)29-75-36-11-12-38-31(2)26-47(67)63(43(38)27-36)42-15-16-44(64)59-53(42)68/h11-14,24-27,42,60H,7-10,15-23,28-30H2,1-6H3,(H,57,65)(H,58,66)(H,59,64,68). The number of H-pyrrole nitrogens is 1. The van der Waals surface area contributed by atoms with E-state index in [2.05, 4.69) is 20.9 Å². The number of amides is 4. The maximum Gasteiger partial charge on any atom is 0.355 e. The number of halogens is 2. The minimum absolute atomic E-state index is 0.0169. The van der Waals surface area contributed by atoms with Gasteiger partial charge in [0.25, 0.3) is 11.5 Å². The number of benzene rings is 3. The third-order valence-electron chi connectivity index (χ3n) is 12.7. The second kappa shape index (κ2) is 26.1. The number of nitrogens with zero attached hydrogens (tertiary/aromatic N) is 3. The molecule has 1 fully saturated rings. The molecule has 400 valence electrons. The summed E-state index contributed by atoms with van der Waals surface area (Å²) >= 11 is 13.3. The highest BCUT2D eigenvalue weighted by Crippen LogP contribution is 2.41. The fraction of sp³-hybridized carbons (Fsp3) is 0.426. The molecule has 1 unspecified atom stereocenters. The van der Waals surface area contributed by atoms with Crippen molar-refractivity contribution in [2.75, 3.05) is 66.1 Å². The van der Waals surface area contributed by atoms with Crippen molar-refractivity contribution in [3.63, 3.8) is 0 Å². The molecule has 1 atom stereocenters. The molecule has 4 heterocycles. The number of aromatic amines is 1. The molecular formula is C54H63Cl2N7O12.